The van der Waals surface area contributed by atoms with Gasteiger partial charge in [-0.2, -0.15) is 0 Å². The number of unbranched alkanes of at least 4 members (excludes halogenated alkanes) is 1. The number of hydrogen-bond donors (Lipinski definition) is 0. The summed E-state index contributed by atoms with van der Waals surface area (Å²) in [6.07, 6.45) is 0.0820. The third kappa shape index (κ3) is 6.90. The van der Waals surface area contributed by atoms with Gasteiger partial charge in [-0.3, -0.25) is 0 Å². The number of aryl methyl sites for hydroxylation is 1. The van der Waals surface area contributed by atoms with Gasteiger partial charge < -0.3 is 18.9 Å². The summed E-state index contributed by atoms with van der Waals surface area (Å²) in [5.41, 5.74) is 1.71. The highest BCUT2D eigenvalue weighted by Crippen LogP contribution is 2.35. The number of carbonyl (C=O) groups excluding carboxylic acids is 3. The van der Waals surface area contributed by atoms with Crippen molar-refractivity contribution >= 4 is 17.9 Å². The SMILES string of the molecule is CCCCc1cn([C@@H]2O[C@H](COC(=O)c3ccccc3)[C@@H](OC(=O)c3ccccc3)[C@H]2OC(=O)c2ccccc2)nn1. The van der Waals surface area contributed by atoms with Gasteiger partial charge in [0.25, 0.3) is 0 Å². The van der Waals surface area contributed by atoms with Crippen molar-refractivity contribution in [2.24, 2.45) is 0 Å². The second-order valence-electron chi connectivity index (χ2n) is 9.79. The molecule has 1 aliphatic rings. The van der Waals surface area contributed by atoms with E-state index >= 15 is 0 Å². The Morgan fingerprint density at radius 2 is 1.29 bits per heavy atom. The van der Waals surface area contributed by atoms with E-state index in [1.807, 2.05) is 0 Å². The van der Waals surface area contributed by atoms with Crippen LogP contribution in [0.1, 0.15) is 62.8 Å². The second-order valence-corrected chi connectivity index (χ2v) is 9.79. The van der Waals surface area contributed by atoms with E-state index < -0.39 is 42.4 Å². The average molecular weight is 570 g/mol. The van der Waals surface area contributed by atoms with Crippen LogP contribution in [0.15, 0.2) is 97.2 Å². The highest BCUT2D eigenvalue weighted by Gasteiger charge is 2.52. The molecule has 0 N–H and O–H groups in total. The third-order valence-corrected chi connectivity index (χ3v) is 6.78. The molecule has 0 saturated carbocycles. The Balaban J connectivity index is 1.45. The van der Waals surface area contributed by atoms with Crippen molar-refractivity contribution in [3.63, 3.8) is 0 Å². The summed E-state index contributed by atoms with van der Waals surface area (Å²) in [6, 6.07) is 25.4. The van der Waals surface area contributed by atoms with Gasteiger partial charge in [0.05, 0.1) is 28.6 Å². The minimum absolute atomic E-state index is 0.270. The molecule has 0 unspecified atom stereocenters. The lowest BCUT2D eigenvalue weighted by Gasteiger charge is -2.24. The molecule has 0 amide bonds. The number of carbonyl (C=O) groups is 3. The largest absolute Gasteiger partial charge is 0.459 e. The summed E-state index contributed by atoms with van der Waals surface area (Å²) < 4.78 is 25.2. The van der Waals surface area contributed by atoms with E-state index in [2.05, 4.69) is 17.2 Å². The number of benzene rings is 3. The van der Waals surface area contributed by atoms with Gasteiger partial charge in [-0.25, -0.2) is 19.1 Å². The Hall–Kier alpha value is -4.83. The molecule has 4 aromatic rings. The Morgan fingerprint density at radius 3 is 1.83 bits per heavy atom. The van der Waals surface area contributed by atoms with Crippen LogP contribution in [-0.4, -0.2) is 57.8 Å². The molecule has 1 aliphatic heterocycles. The predicted octanol–water partition coefficient (Wildman–Crippen LogP) is 4.83. The van der Waals surface area contributed by atoms with Crippen LogP contribution in [0.2, 0.25) is 0 Å². The van der Waals surface area contributed by atoms with Crippen molar-refractivity contribution < 1.29 is 33.3 Å². The van der Waals surface area contributed by atoms with Gasteiger partial charge in [0, 0.05) is 0 Å². The zero-order chi connectivity index (χ0) is 29.3. The number of rotatable bonds is 11. The summed E-state index contributed by atoms with van der Waals surface area (Å²) in [7, 11) is 0. The van der Waals surface area contributed by atoms with Crippen LogP contribution >= 0.6 is 0 Å². The smallest absolute Gasteiger partial charge is 0.338 e. The summed E-state index contributed by atoms with van der Waals surface area (Å²) in [5.74, 6) is -1.85. The van der Waals surface area contributed by atoms with Gasteiger partial charge in [-0.05, 0) is 49.2 Å². The molecule has 3 aromatic carbocycles. The van der Waals surface area contributed by atoms with Crippen molar-refractivity contribution in [2.75, 3.05) is 6.61 Å². The molecule has 2 heterocycles. The van der Waals surface area contributed by atoms with E-state index in [1.165, 1.54) is 4.68 Å². The summed E-state index contributed by atoms with van der Waals surface area (Å²) in [4.78, 5) is 39.2. The van der Waals surface area contributed by atoms with Crippen molar-refractivity contribution in [1.29, 1.82) is 0 Å². The van der Waals surface area contributed by atoms with E-state index in [-0.39, 0.29) is 6.61 Å². The number of nitrogens with zero attached hydrogens (tertiary/aromatic N) is 3. The van der Waals surface area contributed by atoms with Gasteiger partial charge in [0.15, 0.2) is 18.4 Å². The summed E-state index contributed by atoms with van der Waals surface area (Å²) in [5, 5.41) is 8.47. The van der Waals surface area contributed by atoms with Crippen molar-refractivity contribution in [1.82, 2.24) is 15.0 Å². The zero-order valence-corrected chi connectivity index (χ0v) is 23.1. The molecule has 42 heavy (non-hydrogen) atoms. The predicted molar refractivity (Wildman–Crippen MR) is 151 cm³/mol. The van der Waals surface area contributed by atoms with E-state index in [1.54, 1.807) is 97.2 Å². The molecule has 216 valence electrons. The number of esters is 3. The average Bonchev–Trinajstić information content (AvgIpc) is 3.64. The number of aromatic nitrogens is 3. The molecule has 5 rings (SSSR count). The molecule has 1 fully saturated rings. The Morgan fingerprint density at radius 1 is 0.762 bits per heavy atom. The third-order valence-electron chi connectivity index (χ3n) is 6.78. The van der Waals surface area contributed by atoms with Gasteiger partial charge in [0.1, 0.15) is 12.7 Å². The van der Waals surface area contributed by atoms with E-state index in [9.17, 15) is 14.4 Å². The van der Waals surface area contributed by atoms with Crippen molar-refractivity contribution in [2.45, 2.75) is 50.7 Å². The fraction of sp³-hybridized carbons (Fsp3) is 0.281. The Bertz CT molecular complexity index is 1480. The first-order chi connectivity index (χ1) is 20.5. The molecule has 4 atom stereocenters. The second kappa shape index (κ2) is 13.7. The first kappa shape index (κ1) is 28.7. The van der Waals surface area contributed by atoms with Crippen LogP contribution in [0, 0.1) is 0 Å². The topological polar surface area (TPSA) is 119 Å². The fourth-order valence-electron chi connectivity index (χ4n) is 4.58. The van der Waals surface area contributed by atoms with Gasteiger partial charge >= 0.3 is 17.9 Å². The zero-order valence-electron chi connectivity index (χ0n) is 23.1. The molecule has 10 heteroatoms. The minimum Gasteiger partial charge on any atom is -0.459 e. The molecule has 0 spiro atoms. The summed E-state index contributed by atoms with van der Waals surface area (Å²) in [6.45, 7) is 1.81. The van der Waals surface area contributed by atoms with E-state index in [0.29, 0.717) is 23.1 Å². The lowest BCUT2D eigenvalue weighted by atomic mass is 10.1. The lowest BCUT2D eigenvalue weighted by molar-refractivity contribution is -0.0678. The molecular weight excluding hydrogens is 538 g/mol. The maximum atomic E-state index is 13.2. The number of hydrogen-bond acceptors (Lipinski definition) is 9. The normalized spacial score (nSPS) is 19.6. The highest BCUT2D eigenvalue weighted by molar-refractivity contribution is 5.91. The molecular formula is C32H31N3O7. The number of ether oxygens (including phenoxy) is 4. The minimum atomic E-state index is -1.14. The Kier molecular flexibility index (Phi) is 9.35. The summed E-state index contributed by atoms with van der Waals surface area (Å²) >= 11 is 0. The van der Waals surface area contributed by atoms with Crippen LogP contribution < -0.4 is 0 Å². The molecule has 0 bridgehead atoms. The van der Waals surface area contributed by atoms with Crippen LogP contribution in [0.5, 0.6) is 0 Å². The van der Waals surface area contributed by atoms with Crippen LogP contribution in [-0.2, 0) is 25.4 Å². The van der Waals surface area contributed by atoms with Gasteiger partial charge in [-0.15, -0.1) is 5.10 Å². The monoisotopic (exact) mass is 569 g/mol. The first-order valence-electron chi connectivity index (χ1n) is 13.8. The fourth-order valence-corrected chi connectivity index (χ4v) is 4.58. The van der Waals surface area contributed by atoms with E-state index in [4.69, 9.17) is 18.9 Å². The first-order valence-corrected chi connectivity index (χ1v) is 13.8. The standard InChI is InChI=1S/C32H31N3O7/c1-2-3-19-25-20-35(34-33-25)29-28(42-32(38)24-17-11-6-12-18-24)27(41-31(37)23-15-9-5-10-16-23)26(40-29)21-39-30(36)22-13-7-4-8-14-22/h4-18,20,26-29H,2-3,19,21H2,1H3/t26-,27-,28-,29-/m1/s1. The van der Waals surface area contributed by atoms with Crippen molar-refractivity contribution in [3.8, 4) is 0 Å². The quantitative estimate of drug-likeness (QED) is 0.185. The molecule has 1 aromatic heterocycles. The van der Waals surface area contributed by atoms with E-state index in [0.717, 1.165) is 18.5 Å². The lowest BCUT2D eigenvalue weighted by Crippen LogP contribution is -2.41. The maximum Gasteiger partial charge on any atom is 0.338 e. The molecule has 0 aliphatic carbocycles. The molecule has 10 nitrogen and oxygen atoms in total. The van der Waals surface area contributed by atoms with Crippen LogP contribution in [0.4, 0.5) is 0 Å². The van der Waals surface area contributed by atoms with Crippen molar-refractivity contribution in [3.05, 3.63) is 120 Å². The van der Waals surface area contributed by atoms with Gasteiger partial charge in [0.2, 0.25) is 0 Å². The maximum absolute atomic E-state index is 13.2. The van der Waals surface area contributed by atoms with Crippen LogP contribution in [0.3, 0.4) is 0 Å². The Labute approximate surface area is 243 Å². The van der Waals surface area contributed by atoms with Gasteiger partial charge in [-0.1, -0.05) is 73.2 Å². The molecule has 1 saturated heterocycles. The van der Waals surface area contributed by atoms with Crippen LogP contribution in [0.25, 0.3) is 0 Å². The highest BCUT2D eigenvalue weighted by atomic mass is 16.7. The molecule has 0 radical (unpaired) electrons.